The molecule has 0 radical (unpaired) electrons. The van der Waals surface area contributed by atoms with Crippen LogP contribution in [0.2, 0.25) is 5.02 Å². The maximum absolute atomic E-state index is 12.4. The number of halogens is 1. The zero-order chi connectivity index (χ0) is 21.0. The van der Waals surface area contributed by atoms with Gasteiger partial charge in [0.2, 0.25) is 0 Å². The minimum atomic E-state index is -1.12. The van der Waals surface area contributed by atoms with E-state index in [-0.39, 0.29) is 10.9 Å². The van der Waals surface area contributed by atoms with E-state index >= 15 is 0 Å². The molecule has 1 aliphatic rings. The number of thioether (sulfide) groups is 1. The Balaban J connectivity index is 1.77. The van der Waals surface area contributed by atoms with Gasteiger partial charge in [-0.05, 0) is 29.8 Å². The summed E-state index contributed by atoms with van der Waals surface area (Å²) in [4.78, 5) is 24.7. The van der Waals surface area contributed by atoms with E-state index < -0.39 is 18.4 Å². The van der Waals surface area contributed by atoms with Crippen LogP contribution in [0.3, 0.4) is 0 Å². The molecule has 0 unspecified atom stereocenters. The van der Waals surface area contributed by atoms with Crippen LogP contribution in [-0.4, -0.2) is 39.9 Å². The van der Waals surface area contributed by atoms with Gasteiger partial charge in [-0.1, -0.05) is 59.8 Å². The number of aliphatic carboxylic acids is 1. The zero-order valence-electron chi connectivity index (χ0n) is 15.3. The van der Waals surface area contributed by atoms with Gasteiger partial charge in [0.15, 0.2) is 11.5 Å². The third kappa shape index (κ3) is 5.09. The molecule has 0 aliphatic carbocycles. The van der Waals surface area contributed by atoms with Crippen LogP contribution in [0.15, 0.2) is 47.4 Å². The van der Waals surface area contributed by atoms with Crippen LogP contribution in [0.1, 0.15) is 11.1 Å². The molecule has 29 heavy (non-hydrogen) atoms. The Kier molecular flexibility index (Phi) is 6.79. The summed E-state index contributed by atoms with van der Waals surface area (Å²) in [7, 11) is 1.52. The van der Waals surface area contributed by atoms with E-state index in [1.807, 2.05) is 18.2 Å². The van der Waals surface area contributed by atoms with Crippen molar-refractivity contribution in [2.24, 2.45) is 0 Å². The number of benzene rings is 2. The molecule has 3 rings (SSSR count). The van der Waals surface area contributed by atoms with Gasteiger partial charge in [0.25, 0.3) is 5.91 Å². The molecular weight excluding hydrogens is 434 g/mol. The number of hydrogen-bond donors (Lipinski definition) is 1. The third-order valence-corrected chi connectivity index (χ3v) is 5.74. The highest BCUT2D eigenvalue weighted by atomic mass is 35.5. The number of amides is 1. The molecule has 0 bridgehead atoms. The van der Waals surface area contributed by atoms with E-state index in [2.05, 4.69) is 0 Å². The van der Waals surface area contributed by atoms with Gasteiger partial charge >= 0.3 is 5.97 Å². The summed E-state index contributed by atoms with van der Waals surface area (Å²) >= 11 is 12.3. The standard InChI is InChI=1S/C20H16ClNO5S2/c1-26-16-8-12(9-17-19(25)22(10-18(23)24)20(28)29-17)6-7-15(16)27-11-13-4-2-3-5-14(13)21/h2-9H,10-11H2,1H3,(H,23,24). The first kappa shape index (κ1) is 21.2. The number of carboxylic acids is 1. The molecule has 0 atom stereocenters. The van der Waals surface area contributed by atoms with Gasteiger partial charge in [-0.2, -0.15) is 0 Å². The van der Waals surface area contributed by atoms with Crippen molar-refractivity contribution >= 4 is 57.9 Å². The van der Waals surface area contributed by atoms with Gasteiger partial charge < -0.3 is 14.6 Å². The van der Waals surface area contributed by atoms with E-state index in [1.165, 1.54) is 7.11 Å². The monoisotopic (exact) mass is 449 g/mol. The van der Waals surface area contributed by atoms with Crippen LogP contribution in [0.25, 0.3) is 6.08 Å². The fraction of sp³-hybridized carbons (Fsp3) is 0.150. The van der Waals surface area contributed by atoms with Crippen LogP contribution < -0.4 is 9.47 Å². The second-order valence-corrected chi connectivity index (χ2v) is 8.03. The summed E-state index contributed by atoms with van der Waals surface area (Å²) < 4.78 is 11.4. The van der Waals surface area contributed by atoms with Gasteiger partial charge in [-0.25, -0.2) is 0 Å². The Morgan fingerprint density at radius 2 is 2.03 bits per heavy atom. The molecule has 2 aromatic carbocycles. The predicted molar refractivity (Wildman–Crippen MR) is 116 cm³/mol. The van der Waals surface area contributed by atoms with Crippen molar-refractivity contribution in [2.45, 2.75) is 6.61 Å². The summed E-state index contributed by atoms with van der Waals surface area (Å²) in [6.45, 7) is -0.177. The fourth-order valence-corrected chi connectivity index (χ4v) is 4.03. The van der Waals surface area contributed by atoms with Crippen molar-refractivity contribution in [3.8, 4) is 11.5 Å². The highest BCUT2D eigenvalue weighted by Crippen LogP contribution is 2.35. The van der Waals surface area contributed by atoms with Crippen LogP contribution in [0.4, 0.5) is 0 Å². The minimum Gasteiger partial charge on any atom is -0.493 e. The molecule has 1 saturated heterocycles. The highest BCUT2D eigenvalue weighted by molar-refractivity contribution is 8.26. The molecule has 1 aliphatic heterocycles. The molecule has 1 N–H and O–H groups in total. The maximum atomic E-state index is 12.4. The molecule has 150 valence electrons. The van der Waals surface area contributed by atoms with E-state index in [4.69, 9.17) is 38.4 Å². The quantitative estimate of drug-likeness (QED) is 0.501. The van der Waals surface area contributed by atoms with Gasteiger partial charge in [0.1, 0.15) is 17.5 Å². The summed E-state index contributed by atoms with van der Waals surface area (Å²) in [5, 5.41) is 9.53. The zero-order valence-corrected chi connectivity index (χ0v) is 17.6. The lowest BCUT2D eigenvalue weighted by Crippen LogP contribution is -2.33. The molecule has 1 fully saturated rings. The van der Waals surface area contributed by atoms with E-state index in [0.29, 0.717) is 27.0 Å². The fourth-order valence-electron chi connectivity index (χ4n) is 2.59. The predicted octanol–water partition coefficient (Wildman–Crippen LogP) is 4.21. The summed E-state index contributed by atoms with van der Waals surface area (Å²) in [5.41, 5.74) is 1.55. The second-order valence-electron chi connectivity index (χ2n) is 5.95. The summed E-state index contributed by atoms with van der Waals surface area (Å²) in [6.07, 6.45) is 1.64. The first-order valence-electron chi connectivity index (χ1n) is 8.40. The SMILES string of the molecule is COc1cc(C=C2SC(=S)N(CC(=O)O)C2=O)ccc1OCc1ccccc1Cl. The number of carboxylic acid groups (broad SMARTS) is 1. The van der Waals surface area contributed by atoms with Crippen molar-refractivity contribution < 1.29 is 24.2 Å². The van der Waals surface area contributed by atoms with Gasteiger partial charge in [-0.15, -0.1) is 0 Å². The molecule has 1 heterocycles. The number of thiocarbonyl (C=S) groups is 1. The number of ether oxygens (including phenoxy) is 2. The van der Waals surface area contributed by atoms with E-state index in [9.17, 15) is 9.59 Å². The van der Waals surface area contributed by atoms with Crippen LogP contribution in [0, 0.1) is 0 Å². The Hall–Kier alpha value is -2.55. The number of carbonyl (C=O) groups is 2. The van der Waals surface area contributed by atoms with Crippen LogP contribution in [-0.2, 0) is 16.2 Å². The van der Waals surface area contributed by atoms with Gasteiger partial charge in [-0.3, -0.25) is 14.5 Å². The lowest BCUT2D eigenvalue weighted by atomic mass is 10.1. The summed E-state index contributed by atoms with van der Waals surface area (Å²) in [5.74, 6) is -0.528. The van der Waals surface area contributed by atoms with Crippen molar-refractivity contribution in [1.29, 1.82) is 0 Å². The number of methoxy groups -OCH3 is 1. The topological polar surface area (TPSA) is 76.1 Å². The van der Waals surface area contributed by atoms with Crippen molar-refractivity contribution in [3.63, 3.8) is 0 Å². The Morgan fingerprint density at radius 3 is 2.72 bits per heavy atom. The van der Waals surface area contributed by atoms with Crippen molar-refractivity contribution in [2.75, 3.05) is 13.7 Å². The van der Waals surface area contributed by atoms with Crippen molar-refractivity contribution in [1.82, 2.24) is 4.90 Å². The Labute approximate surface area is 182 Å². The molecule has 0 spiro atoms. The molecule has 0 saturated carbocycles. The molecular formula is C20H16ClNO5S2. The molecule has 1 amide bonds. The number of carbonyl (C=O) groups excluding carboxylic acids is 1. The number of nitrogens with zero attached hydrogens (tertiary/aromatic N) is 1. The van der Waals surface area contributed by atoms with Crippen LogP contribution >= 0.6 is 35.6 Å². The smallest absolute Gasteiger partial charge is 0.323 e. The lowest BCUT2D eigenvalue weighted by molar-refractivity contribution is -0.140. The van der Waals surface area contributed by atoms with Gasteiger partial charge in [0, 0.05) is 10.6 Å². The number of rotatable bonds is 7. The largest absolute Gasteiger partial charge is 0.493 e. The maximum Gasteiger partial charge on any atom is 0.323 e. The van der Waals surface area contributed by atoms with Crippen LogP contribution in [0.5, 0.6) is 11.5 Å². The first-order chi connectivity index (χ1) is 13.9. The highest BCUT2D eigenvalue weighted by Gasteiger charge is 2.33. The normalized spacial score (nSPS) is 15.1. The average Bonchev–Trinajstić information content (AvgIpc) is 2.95. The summed E-state index contributed by atoms with van der Waals surface area (Å²) in [6, 6.07) is 12.6. The van der Waals surface area contributed by atoms with E-state index in [0.717, 1.165) is 22.2 Å². The third-order valence-electron chi connectivity index (χ3n) is 3.99. The second kappa shape index (κ2) is 9.30. The first-order valence-corrected chi connectivity index (χ1v) is 10.0. The van der Waals surface area contributed by atoms with E-state index in [1.54, 1.807) is 30.3 Å². The molecule has 9 heteroatoms. The molecule has 6 nitrogen and oxygen atoms in total. The Morgan fingerprint density at radius 1 is 1.28 bits per heavy atom. The number of hydrogen-bond acceptors (Lipinski definition) is 6. The Bertz CT molecular complexity index is 1010. The van der Waals surface area contributed by atoms with Gasteiger partial charge in [0.05, 0.1) is 12.0 Å². The molecule has 2 aromatic rings. The molecule has 0 aromatic heterocycles. The average molecular weight is 450 g/mol. The minimum absolute atomic E-state index is 0.218. The lowest BCUT2D eigenvalue weighted by Gasteiger charge is -2.12. The van der Waals surface area contributed by atoms with Crippen molar-refractivity contribution in [3.05, 3.63) is 63.5 Å².